The summed E-state index contributed by atoms with van der Waals surface area (Å²) in [4.78, 5) is 15.7. The number of hydrogen-bond acceptors (Lipinski definition) is 3. The van der Waals surface area contributed by atoms with Crippen molar-refractivity contribution < 1.29 is 9.53 Å². The number of rotatable bonds is 5. The van der Waals surface area contributed by atoms with Gasteiger partial charge in [-0.25, -0.2) is 4.79 Å². The maximum atomic E-state index is 11.4. The molecule has 4 heteroatoms. The number of carbonyl (C=O) groups excluding carboxylic acids is 1. The third kappa shape index (κ3) is 3.97. The van der Waals surface area contributed by atoms with Crippen LogP contribution in [0.1, 0.15) is 18.4 Å². The molecule has 114 valence electrons. The van der Waals surface area contributed by atoms with Gasteiger partial charge in [0, 0.05) is 13.1 Å². The lowest BCUT2D eigenvalue weighted by molar-refractivity contribution is 0.144. The molecule has 3 rings (SSSR count). The first-order valence-electron chi connectivity index (χ1n) is 7.99. The molecule has 2 saturated heterocycles. The maximum Gasteiger partial charge on any atom is 0.409 e. The van der Waals surface area contributed by atoms with E-state index in [1.165, 1.54) is 24.8 Å². The van der Waals surface area contributed by atoms with Gasteiger partial charge in [-0.2, -0.15) is 0 Å². The molecule has 21 heavy (non-hydrogen) atoms. The molecule has 1 aromatic carbocycles. The predicted octanol–water partition coefficient (Wildman–Crippen LogP) is 2.39. The highest BCUT2D eigenvalue weighted by Crippen LogP contribution is 2.21. The van der Waals surface area contributed by atoms with E-state index >= 15 is 0 Å². The fraction of sp³-hybridized carbons (Fsp3) is 0.588. The van der Waals surface area contributed by atoms with Gasteiger partial charge in [0.2, 0.25) is 0 Å². The Morgan fingerprint density at radius 2 is 1.81 bits per heavy atom. The summed E-state index contributed by atoms with van der Waals surface area (Å²) in [5.41, 5.74) is 1.45. The predicted molar refractivity (Wildman–Crippen MR) is 82.2 cm³/mol. The number of carbonyl (C=O) groups is 1. The van der Waals surface area contributed by atoms with Crippen LogP contribution in [0, 0.1) is 5.92 Å². The van der Waals surface area contributed by atoms with Gasteiger partial charge in [-0.05, 0) is 43.8 Å². The first-order chi connectivity index (χ1) is 10.3. The van der Waals surface area contributed by atoms with Gasteiger partial charge in [-0.1, -0.05) is 30.3 Å². The number of amides is 1. The first-order valence-corrected chi connectivity index (χ1v) is 7.99. The summed E-state index contributed by atoms with van der Waals surface area (Å²) in [5, 5.41) is 0. The highest BCUT2D eigenvalue weighted by Gasteiger charge is 2.24. The first kappa shape index (κ1) is 14.4. The van der Waals surface area contributed by atoms with Crippen LogP contribution in [0.25, 0.3) is 0 Å². The monoisotopic (exact) mass is 288 g/mol. The Labute approximate surface area is 126 Å². The average molecular weight is 288 g/mol. The summed E-state index contributed by atoms with van der Waals surface area (Å²) in [7, 11) is 0. The maximum absolute atomic E-state index is 11.4. The van der Waals surface area contributed by atoms with Crippen LogP contribution in [-0.2, 0) is 11.2 Å². The second kappa shape index (κ2) is 6.94. The lowest BCUT2D eigenvalue weighted by Gasteiger charge is -2.32. The van der Waals surface area contributed by atoms with Crippen molar-refractivity contribution in [2.45, 2.75) is 19.3 Å². The quantitative estimate of drug-likeness (QED) is 0.834. The van der Waals surface area contributed by atoms with Gasteiger partial charge in [0.1, 0.15) is 6.61 Å². The molecule has 0 radical (unpaired) electrons. The Hall–Kier alpha value is -1.55. The molecule has 2 heterocycles. The largest absolute Gasteiger partial charge is 0.448 e. The van der Waals surface area contributed by atoms with Crippen molar-refractivity contribution in [1.29, 1.82) is 0 Å². The van der Waals surface area contributed by atoms with E-state index in [1.54, 1.807) is 0 Å². The summed E-state index contributed by atoms with van der Waals surface area (Å²) in [6.45, 7) is 5.40. The topological polar surface area (TPSA) is 32.8 Å². The van der Waals surface area contributed by atoms with Gasteiger partial charge >= 0.3 is 6.09 Å². The molecule has 0 atom stereocenters. The Bertz CT molecular complexity index is 455. The van der Waals surface area contributed by atoms with E-state index in [0.29, 0.717) is 6.61 Å². The highest BCUT2D eigenvalue weighted by atomic mass is 16.6. The van der Waals surface area contributed by atoms with Crippen LogP contribution in [0.15, 0.2) is 30.3 Å². The molecular weight excluding hydrogens is 264 g/mol. The molecule has 2 aliphatic heterocycles. The second-order valence-electron chi connectivity index (χ2n) is 6.08. The van der Waals surface area contributed by atoms with Gasteiger partial charge in [0.25, 0.3) is 0 Å². The lowest BCUT2D eigenvalue weighted by Crippen LogP contribution is -2.40. The van der Waals surface area contributed by atoms with Gasteiger partial charge < -0.3 is 14.5 Å². The van der Waals surface area contributed by atoms with Gasteiger partial charge in [-0.15, -0.1) is 0 Å². The van der Waals surface area contributed by atoms with Crippen molar-refractivity contribution in [1.82, 2.24) is 9.80 Å². The standard InChI is InChI=1S/C17H24N2O2/c20-17-19(12-13-21-17)11-10-18-8-6-16(7-9-18)14-15-4-2-1-3-5-15/h1-5,16H,6-14H2. The van der Waals surface area contributed by atoms with E-state index in [2.05, 4.69) is 35.2 Å². The molecule has 1 aromatic rings. The van der Waals surface area contributed by atoms with Crippen molar-refractivity contribution in [3.05, 3.63) is 35.9 Å². The SMILES string of the molecule is O=C1OCCN1CCN1CCC(Cc2ccccc2)CC1. The third-order valence-electron chi connectivity index (χ3n) is 4.61. The summed E-state index contributed by atoms with van der Waals surface area (Å²) in [6.07, 6.45) is 3.58. The zero-order chi connectivity index (χ0) is 14.5. The summed E-state index contributed by atoms with van der Waals surface area (Å²) in [5.74, 6) is 0.806. The lowest BCUT2D eigenvalue weighted by atomic mass is 9.90. The van der Waals surface area contributed by atoms with E-state index in [1.807, 2.05) is 4.90 Å². The Kier molecular flexibility index (Phi) is 4.76. The minimum Gasteiger partial charge on any atom is -0.448 e. The summed E-state index contributed by atoms with van der Waals surface area (Å²) >= 11 is 0. The number of hydrogen-bond donors (Lipinski definition) is 0. The molecule has 0 bridgehead atoms. The van der Waals surface area contributed by atoms with Crippen molar-refractivity contribution in [2.75, 3.05) is 39.3 Å². The highest BCUT2D eigenvalue weighted by molar-refractivity contribution is 5.69. The zero-order valence-electron chi connectivity index (χ0n) is 12.5. The Morgan fingerprint density at radius 1 is 1.05 bits per heavy atom. The molecule has 1 amide bonds. The van der Waals surface area contributed by atoms with Crippen LogP contribution in [0.2, 0.25) is 0 Å². The number of ether oxygens (including phenoxy) is 1. The van der Waals surface area contributed by atoms with E-state index in [4.69, 9.17) is 4.74 Å². The number of benzene rings is 1. The molecule has 0 unspecified atom stereocenters. The minimum atomic E-state index is -0.144. The molecule has 0 N–H and O–H groups in total. The number of piperidine rings is 1. The van der Waals surface area contributed by atoms with Crippen molar-refractivity contribution in [2.24, 2.45) is 5.92 Å². The van der Waals surface area contributed by atoms with Crippen molar-refractivity contribution in [3.63, 3.8) is 0 Å². The van der Waals surface area contributed by atoms with Crippen LogP contribution in [0.5, 0.6) is 0 Å². The second-order valence-corrected chi connectivity index (χ2v) is 6.08. The van der Waals surface area contributed by atoms with Crippen LogP contribution in [0.4, 0.5) is 4.79 Å². The molecular formula is C17H24N2O2. The average Bonchev–Trinajstić information content (AvgIpc) is 2.93. The number of cyclic esters (lactones) is 1. The molecule has 2 aliphatic rings. The van der Waals surface area contributed by atoms with Crippen LogP contribution in [-0.4, -0.2) is 55.2 Å². The van der Waals surface area contributed by atoms with Gasteiger partial charge in [-0.3, -0.25) is 0 Å². The fourth-order valence-electron chi connectivity index (χ4n) is 3.25. The molecule has 0 aromatic heterocycles. The number of likely N-dealkylation sites (tertiary alicyclic amines) is 1. The Morgan fingerprint density at radius 3 is 2.48 bits per heavy atom. The third-order valence-corrected chi connectivity index (χ3v) is 4.61. The normalized spacial score (nSPS) is 20.8. The van der Waals surface area contributed by atoms with Gasteiger partial charge in [0.05, 0.1) is 6.54 Å². The van der Waals surface area contributed by atoms with Crippen LogP contribution in [0.3, 0.4) is 0 Å². The molecule has 0 aliphatic carbocycles. The molecule has 4 nitrogen and oxygen atoms in total. The molecule has 2 fully saturated rings. The smallest absolute Gasteiger partial charge is 0.409 e. The minimum absolute atomic E-state index is 0.144. The molecule has 0 spiro atoms. The Balaban J connectivity index is 1.38. The summed E-state index contributed by atoms with van der Waals surface area (Å²) in [6, 6.07) is 10.8. The van der Waals surface area contributed by atoms with E-state index in [0.717, 1.165) is 38.6 Å². The summed E-state index contributed by atoms with van der Waals surface area (Å²) < 4.78 is 4.96. The van der Waals surface area contributed by atoms with Gasteiger partial charge in [0.15, 0.2) is 0 Å². The fourth-order valence-corrected chi connectivity index (χ4v) is 3.25. The zero-order valence-corrected chi connectivity index (χ0v) is 12.5. The van der Waals surface area contributed by atoms with E-state index in [-0.39, 0.29) is 6.09 Å². The van der Waals surface area contributed by atoms with Crippen LogP contribution < -0.4 is 0 Å². The van der Waals surface area contributed by atoms with Crippen LogP contribution >= 0.6 is 0 Å². The van der Waals surface area contributed by atoms with E-state index in [9.17, 15) is 4.79 Å². The van der Waals surface area contributed by atoms with E-state index < -0.39 is 0 Å². The molecule has 0 saturated carbocycles. The van der Waals surface area contributed by atoms with Crippen molar-refractivity contribution in [3.8, 4) is 0 Å². The van der Waals surface area contributed by atoms with Crippen molar-refractivity contribution >= 4 is 6.09 Å². The number of nitrogens with zero attached hydrogens (tertiary/aromatic N) is 2.